The first-order valence-electron chi connectivity index (χ1n) is 19.1. The molecule has 0 saturated heterocycles. The molecule has 2 aliphatic heterocycles. The minimum atomic E-state index is -4.43. The lowest BCUT2D eigenvalue weighted by molar-refractivity contribution is -0.443. The summed E-state index contributed by atoms with van der Waals surface area (Å²) in [5, 5.41) is 9.20. The SMILES string of the molecule is CCCCC1(C)C(C(C)(C)C=CC(C)(C)C=C2N(CCC)c3ccc(S(=O)(=O)OC)cc3C2(C)C)=[N+](CCCCCC(=O)O)c2ccc(S(=O)(=O)O)cc21. The second kappa shape index (κ2) is 16.0. The van der Waals surface area contributed by atoms with Crippen molar-refractivity contribution in [3.05, 3.63) is 71.5 Å². The van der Waals surface area contributed by atoms with Gasteiger partial charge in [-0.3, -0.25) is 13.5 Å². The average Bonchev–Trinajstić information content (AvgIpc) is 3.46. The highest BCUT2D eigenvalue weighted by atomic mass is 32.2. The number of hydrogen-bond acceptors (Lipinski definition) is 7. The third-order valence-corrected chi connectivity index (χ3v) is 13.2. The van der Waals surface area contributed by atoms with Crippen molar-refractivity contribution in [2.24, 2.45) is 10.8 Å². The maximum atomic E-state index is 12.7. The zero-order chi connectivity index (χ0) is 40.5. The molecule has 0 radical (unpaired) electrons. The van der Waals surface area contributed by atoms with Crippen LogP contribution in [0, 0.1) is 10.8 Å². The van der Waals surface area contributed by atoms with E-state index in [4.69, 9.17) is 4.18 Å². The molecule has 298 valence electrons. The van der Waals surface area contributed by atoms with Crippen LogP contribution in [0.5, 0.6) is 0 Å². The van der Waals surface area contributed by atoms with Gasteiger partial charge in [-0.25, -0.2) is 0 Å². The number of benzene rings is 2. The quantitative estimate of drug-likeness (QED) is 0.0498. The van der Waals surface area contributed by atoms with E-state index in [1.165, 1.54) is 13.2 Å². The fourth-order valence-corrected chi connectivity index (χ4v) is 9.63. The minimum absolute atomic E-state index is 0.114. The predicted molar refractivity (Wildman–Crippen MR) is 215 cm³/mol. The van der Waals surface area contributed by atoms with Crippen molar-refractivity contribution in [2.75, 3.05) is 25.1 Å². The lowest BCUT2D eigenvalue weighted by Crippen LogP contribution is -2.42. The summed E-state index contributed by atoms with van der Waals surface area (Å²) in [6.07, 6.45) is 12.5. The van der Waals surface area contributed by atoms with E-state index in [9.17, 15) is 31.3 Å². The number of rotatable bonds is 18. The van der Waals surface area contributed by atoms with Crippen LogP contribution in [0.4, 0.5) is 11.4 Å². The third-order valence-electron chi connectivity index (χ3n) is 11.1. The molecule has 0 fully saturated rings. The predicted octanol–water partition coefficient (Wildman–Crippen LogP) is 9.16. The Balaban J connectivity index is 1.83. The number of hydrogen-bond donors (Lipinski definition) is 2. The Morgan fingerprint density at radius 1 is 0.889 bits per heavy atom. The topological polar surface area (TPSA) is 141 Å². The summed E-state index contributed by atoms with van der Waals surface area (Å²) in [5.41, 5.74) is 3.92. The maximum Gasteiger partial charge on any atom is 0.303 e. The molecule has 0 bridgehead atoms. The first-order valence-corrected chi connectivity index (χ1v) is 22.0. The third kappa shape index (κ3) is 8.87. The number of fused-ring (bicyclic) bond motifs is 2. The van der Waals surface area contributed by atoms with E-state index >= 15 is 0 Å². The van der Waals surface area contributed by atoms with Crippen molar-refractivity contribution >= 4 is 43.3 Å². The Kier molecular flexibility index (Phi) is 12.9. The highest BCUT2D eigenvalue weighted by Gasteiger charge is 2.54. The van der Waals surface area contributed by atoms with Crippen LogP contribution >= 0.6 is 0 Å². The molecule has 0 aliphatic carbocycles. The van der Waals surface area contributed by atoms with Crippen molar-refractivity contribution in [2.45, 2.75) is 134 Å². The largest absolute Gasteiger partial charge is 0.481 e. The second-order valence-electron chi connectivity index (χ2n) is 16.8. The fraction of sp³-hybridized carbons (Fsp3) is 0.571. The number of nitrogens with zero attached hydrogens (tertiary/aromatic N) is 2. The van der Waals surface area contributed by atoms with Gasteiger partial charge in [-0.1, -0.05) is 72.6 Å². The molecule has 12 heteroatoms. The number of carboxylic acid groups (broad SMARTS) is 1. The molecule has 2 N–H and O–H groups in total. The van der Waals surface area contributed by atoms with Gasteiger partial charge in [0.1, 0.15) is 6.54 Å². The van der Waals surface area contributed by atoms with Crippen molar-refractivity contribution in [1.82, 2.24) is 0 Å². The highest BCUT2D eigenvalue weighted by Crippen LogP contribution is 2.51. The van der Waals surface area contributed by atoms with E-state index in [0.29, 0.717) is 13.0 Å². The van der Waals surface area contributed by atoms with E-state index in [1.54, 1.807) is 24.3 Å². The minimum Gasteiger partial charge on any atom is -0.481 e. The lowest BCUT2D eigenvalue weighted by Gasteiger charge is -2.33. The first kappa shape index (κ1) is 43.4. The Hall–Kier alpha value is -3.32. The molecule has 10 nitrogen and oxygen atoms in total. The fourth-order valence-electron chi connectivity index (χ4n) is 8.43. The van der Waals surface area contributed by atoms with Crippen molar-refractivity contribution in [3.8, 4) is 0 Å². The summed E-state index contributed by atoms with van der Waals surface area (Å²) in [4.78, 5) is 13.5. The van der Waals surface area contributed by atoms with Gasteiger partial charge in [0.05, 0.1) is 27.7 Å². The molecule has 0 saturated carbocycles. The van der Waals surface area contributed by atoms with E-state index in [-0.39, 0.29) is 16.2 Å². The second-order valence-corrected chi connectivity index (χ2v) is 19.9. The molecule has 1 unspecified atom stereocenters. The van der Waals surface area contributed by atoms with Crippen LogP contribution in [0.25, 0.3) is 0 Å². The van der Waals surface area contributed by atoms with Crippen molar-refractivity contribution in [1.29, 1.82) is 0 Å². The van der Waals surface area contributed by atoms with Crippen LogP contribution in [0.2, 0.25) is 0 Å². The molecule has 4 rings (SSSR count). The molecule has 2 aromatic carbocycles. The van der Waals surface area contributed by atoms with Crippen molar-refractivity contribution in [3.63, 3.8) is 0 Å². The van der Waals surface area contributed by atoms with Crippen LogP contribution in [0.15, 0.2) is 70.1 Å². The molecule has 54 heavy (non-hydrogen) atoms. The number of aliphatic carboxylic acids is 1. The Morgan fingerprint density at radius 2 is 1.54 bits per heavy atom. The number of carboxylic acids is 1. The van der Waals surface area contributed by atoms with Crippen LogP contribution in [0.3, 0.4) is 0 Å². The Morgan fingerprint density at radius 3 is 2.13 bits per heavy atom. The van der Waals surface area contributed by atoms with E-state index < -0.39 is 47.9 Å². The molecular formula is C42H61N2O8S2+. The standard InChI is InChI=1S/C42H60N2O8S2/c1-11-13-22-42(9)33-27-30(53(47,48)49)18-20-35(33)44(26-16-14-15-17-37(45)46)38(42)40(5,6)24-23-39(3,4)29-36-41(7,8)32-28-31(54(50,51)52-10)19-21-34(32)43(36)25-12-2/h18-21,23-24,27-29H,11-17,22,25-26H2,1-10H3,(H-,45,46,47,48,49)/p+1. The van der Waals surface area contributed by atoms with E-state index in [0.717, 1.165) is 79.0 Å². The van der Waals surface area contributed by atoms with Crippen LogP contribution in [-0.4, -0.2) is 63.0 Å². The summed E-state index contributed by atoms with van der Waals surface area (Å²) >= 11 is 0. The summed E-state index contributed by atoms with van der Waals surface area (Å²) in [6.45, 7) is 20.8. The Bertz CT molecular complexity index is 2060. The molecule has 0 amide bonds. The molecule has 0 aromatic heterocycles. The van der Waals surface area contributed by atoms with Crippen LogP contribution in [-0.2, 0) is 40.0 Å². The van der Waals surface area contributed by atoms with Crippen LogP contribution < -0.4 is 4.90 Å². The van der Waals surface area contributed by atoms with Gasteiger partial charge in [-0.05, 0) is 82.3 Å². The maximum absolute atomic E-state index is 12.7. The average molecular weight is 786 g/mol. The van der Waals surface area contributed by atoms with Gasteiger partial charge >= 0.3 is 5.97 Å². The van der Waals surface area contributed by atoms with Gasteiger partial charge in [0, 0.05) is 53.2 Å². The van der Waals surface area contributed by atoms with E-state index in [1.807, 2.05) is 6.07 Å². The van der Waals surface area contributed by atoms with Crippen LogP contribution in [0.1, 0.15) is 125 Å². The number of carbonyl (C=O) groups is 1. The first-order chi connectivity index (χ1) is 25.0. The smallest absolute Gasteiger partial charge is 0.303 e. The summed E-state index contributed by atoms with van der Waals surface area (Å²) in [5.74, 6) is -0.811. The Labute approximate surface area is 323 Å². The molecule has 2 aliphatic rings. The number of allylic oxidation sites excluding steroid dienone is 4. The monoisotopic (exact) mass is 785 g/mol. The zero-order valence-corrected chi connectivity index (χ0v) is 35.5. The van der Waals surface area contributed by atoms with E-state index in [2.05, 4.69) is 90.0 Å². The van der Waals surface area contributed by atoms with Gasteiger partial charge in [-0.2, -0.15) is 21.4 Å². The molecular weight excluding hydrogens is 725 g/mol. The highest BCUT2D eigenvalue weighted by molar-refractivity contribution is 7.86. The number of unbranched alkanes of at least 4 members (excludes halogenated alkanes) is 3. The van der Waals surface area contributed by atoms with Gasteiger partial charge in [-0.15, -0.1) is 0 Å². The molecule has 1 atom stereocenters. The van der Waals surface area contributed by atoms with Gasteiger partial charge in [0.15, 0.2) is 5.71 Å². The summed E-state index contributed by atoms with van der Waals surface area (Å²) in [6, 6.07) is 10.1. The molecule has 2 aromatic rings. The zero-order valence-electron chi connectivity index (χ0n) is 33.8. The van der Waals surface area contributed by atoms with Crippen molar-refractivity contribution < 1.29 is 40.0 Å². The lowest BCUT2D eigenvalue weighted by atomic mass is 9.66. The molecule has 2 heterocycles. The van der Waals surface area contributed by atoms with Gasteiger partial charge in [0.25, 0.3) is 20.2 Å². The van der Waals surface area contributed by atoms with Gasteiger partial charge < -0.3 is 10.0 Å². The summed E-state index contributed by atoms with van der Waals surface area (Å²) in [7, 11) is -7.13. The summed E-state index contributed by atoms with van der Waals surface area (Å²) < 4.78 is 67.3. The van der Waals surface area contributed by atoms with Gasteiger partial charge in [0.2, 0.25) is 5.69 Å². The molecule has 0 spiro atoms. The number of anilines is 1. The normalized spacial score (nSPS) is 19.6.